The van der Waals surface area contributed by atoms with Crippen LogP contribution in [0.15, 0.2) is 72.0 Å². The van der Waals surface area contributed by atoms with Crippen LogP contribution in [-0.4, -0.2) is 16.7 Å². The molecule has 4 rings (SSSR count). The number of aryl methyl sites for hydroxylation is 2. The summed E-state index contributed by atoms with van der Waals surface area (Å²) in [7, 11) is 0. The van der Waals surface area contributed by atoms with Gasteiger partial charge in [-0.2, -0.15) is 5.10 Å². The van der Waals surface area contributed by atoms with Gasteiger partial charge in [0.15, 0.2) is 0 Å². The van der Waals surface area contributed by atoms with Gasteiger partial charge in [0.05, 0.1) is 12.6 Å². The zero-order valence-corrected chi connectivity index (χ0v) is 19.4. The standard InChI is InChI=1S/C26H23Cl2N3O/c1-17-7-8-18(2)20(11-17)12-26(32)30-29-14-21-16-31(25-6-4-3-5-23(21)25)15-19-9-10-22(27)13-24(19)28/h3-11,13-14,16H,12,15H2,1-2H3,(H,30,32)/b29-14-. The van der Waals surface area contributed by atoms with E-state index < -0.39 is 0 Å². The second kappa shape index (κ2) is 9.60. The van der Waals surface area contributed by atoms with E-state index in [1.807, 2.05) is 68.6 Å². The Kier molecular flexibility index (Phi) is 6.63. The van der Waals surface area contributed by atoms with Crippen LogP contribution in [0.3, 0.4) is 0 Å². The fraction of sp³-hybridized carbons (Fsp3) is 0.154. The zero-order chi connectivity index (χ0) is 22.7. The van der Waals surface area contributed by atoms with Crippen molar-refractivity contribution < 1.29 is 4.79 Å². The minimum absolute atomic E-state index is 0.147. The molecule has 0 bridgehead atoms. The number of fused-ring (bicyclic) bond motifs is 1. The smallest absolute Gasteiger partial charge is 0.244 e. The summed E-state index contributed by atoms with van der Waals surface area (Å²) < 4.78 is 2.11. The minimum Gasteiger partial charge on any atom is -0.342 e. The Balaban J connectivity index is 1.52. The van der Waals surface area contributed by atoms with Crippen molar-refractivity contribution >= 4 is 46.2 Å². The predicted molar refractivity (Wildman–Crippen MR) is 133 cm³/mol. The SMILES string of the molecule is Cc1ccc(C)c(CC(=O)N/N=C\c2cn(Cc3ccc(Cl)cc3Cl)c3ccccc23)c1. The van der Waals surface area contributed by atoms with Gasteiger partial charge in [-0.3, -0.25) is 4.79 Å². The van der Waals surface area contributed by atoms with Crippen LogP contribution in [0.25, 0.3) is 10.9 Å². The number of hydrogen-bond acceptors (Lipinski definition) is 2. The molecule has 0 saturated heterocycles. The van der Waals surface area contributed by atoms with E-state index in [1.165, 1.54) is 0 Å². The maximum Gasteiger partial charge on any atom is 0.244 e. The van der Waals surface area contributed by atoms with E-state index in [9.17, 15) is 4.79 Å². The van der Waals surface area contributed by atoms with E-state index >= 15 is 0 Å². The van der Waals surface area contributed by atoms with Crippen LogP contribution in [0, 0.1) is 13.8 Å². The Morgan fingerprint density at radius 1 is 1.03 bits per heavy atom. The van der Waals surface area contributed by atoms with Crippen LogP contribution in [0.1, 0.15) is 27.8 Å². The molecule has 0 aliphatic rings. The number of carbonyl (C=O) groups is 1. The molecule has 0 saturated carbocycles. The van der Waals surface area contributed by atoms with E-state index in [1.54, 1.807) is 12.3 Å². The molecule has 4 aromatic rings. The third kappa shape index (κ3) is 5.04. The average Bonchev–Trinajstić information content (AvgIpc) is 3.10. The number of nitrogens with zero attached hydrogens (tertiary/aromatic N) is 2. The molecule has 1 N–H and O–H groups in total. The summed E-state index contributed by atoms with van der Waals surface area (Å²) in [6, 6.07) is 19.7. The van der Waals surface area contributed by atoms with Crippen molar-refractivity contribution in [2.75, 3.05) is 0 Å². The molecule has 162 valence electrons. The fourth-order valence-electron chi connectivity index (χ4n) is 3.72. The minimum atomic E-state index is -0.147. The second-order valence-corrected chi connectivity index (χ2v) is 8.71. The van der Waals surface area contributed by atoms with Gasteiger partial charge < -0.3 is 4.57 Å². The van der Waals surface area contributed by atoms with E-state index in [4.69, 9.17) is 23.2 Å². The molecular formula is C26H23Cl2N3O. The molecule has 3 aromatic carbocycles. The first-order valence-electron chi connectivity index (χ1n) is 10.3. The predicted octanol–water partition coefficient (Wildman–Crippen LogP) is 6.31. The molecular weight excluding hydrogens is 441 g/mol. The van der Waals surface area contributed by atoms with Crippen LogP contribution in [0.4, 0.5) is 0 Å². The second-order valence-electron chi connectivity index (χ2n) is 7.87. The normalized spacial score (nSPS) is 11.4. The van der Waals surface area contributed by atoms with Crippen molar-refractivity contribution in [3.63, 3.8) is 0 Å². The maximum absolute atomic E-state index is 12.4. The molecule has 1 aromatic heterocycles. The Labute approximate surface area is 197 Å². The average molecular weight is 464 g/mol. The summed E-state index contributed by atoms with van der Waals surface area (Å²) in [6.45, 7) is 4.63. The molecule has 1 heterocycles. The molecule has 0 atom stereocenters. The first-order chi connectivity index (χ1) is 15.4. The van der Waals surface area contributed by atoms with Gasteiger partial charge in [-0.25, -0.2) is 5.43 Å². The van der Waals surface area contributed by atoms with Gasteiger partial charge in [0, 0.05) is 39.3 Å². The van der Waals surface area contributed by atoms with Gasteiger partial charge in [0.2, 0.25) is 5.91 Å². The van der Waals surface area contributed by atoms with Gasteiger partial charge in [-0.15, -0.1) is 0 Å². The topological polar surface area (TPSA) is 46.4 Å². The summed E-state index contributed by atoms with van der Waals surface area (Å²) >= 11 is 12.4. The van der Waals surface area contributed by atoms with Gasteiger partial charge in [-0.05, 0) is 48.7 Å². The lowest BCUT2D eigenvalue weighted by molar-refractivity contribution is -0.120. The van der Waals surface area contributed by atoms with E-state index in [0.29, 0.717) is 23.0 Å². The summed E-state index contributed by atoms with van der Waals surface area (Å²) in [6.07, 6.45) is 3.99. The van der Waals surface area contributed by atoms with Gasteiger partial charge in [0.1, 0.15) is 0 Å². The number of hydrogen-bond donors (Lipinski definition) is 1. The third-order valence-corrected chi connectivity index (χ3v) is 6.01. The van der Waals surface area contributed by atoms with Crippen LogP contribution in [0.2, 0.25) is 10.0 Å². The largest absolute Gasteiger partial charge is 0.342 e. The molecule has 1 amide bonds. The van der Waals surface area contributed by atoms with Crippen molar-refractivity contribution in [3.05, 3.63) is 105 Å². The van der Waals surface area contributed by atoms with Gasteiger partial charge in [-0.1, -0.05) is 71.2 Å². The van der Waals surface area contributed by atoms with E-state index in [2.05, 4.69) is 21.2 Å². The Hall–Kier alpha value is -3.08. The molecule has 0 aliphatic heterocycles. The molecule has 32 heavy (non-hydrogen) atoms. The first-order valence-corrected chi connectivity index (χ1v) is 11.1. The number of halogens is 2. The summed E-state index contributed by atoms with van der Waals surface area (Å²) in [5, 5.41) is 6.49. The number of hydrazone groups is 1. The monoisotopic (exact) mass is 463 g/mol. The van der Waals surface area contributed by atoms with Crippen molar-refractivity contribution in [2.45, 2.75) is 26.8 Å². The van der Waals surface area contributed by atoms with Crippen LogP contribution in [-0.2, 0) is 17.8 Å². The number of para-hydroxylation sites is 1. The lowest BCUT2D eigenvalue weighted by Crippen LogP contribution is -2.20. The van der Waals surface area contributed by atoms with Crippen molar-refractivity contribution in [3.8, 4) is 0 Å². The number of amides is 1. The Morgan fingerprint density at radius 3 is 2.66 bits per heavy atom. The molecule has 0 fully saturated rings. The first kappa shape index (κ1) is 22.1. The van der Waals surface area contributed by atoms with Gasteiger partial charge >= 0.3 is 0 Å². The fourth-order valence-corrected chi connectivity index (χ4v) is 4.19. The lowest BCUT2D eigenvalue weighted by Gasteiger charge is -2.08. The third-order valence-electron chi connectivity index (χ3n) is 5.42. The summed E-state index contributed by atoms with van der Waals surface area (Å²) in [4.78, 5) is 12.4. The zero-order valence-electron chi connectivity index (χ0n) is 17.9. The quantitative estimate of drug-likeness (QED) is 0.264. The number of carbonyl (C=O) groups excluding carboxylic acids is 1. The van der Waals surface area contributed by atoms with Crippen LogP contribution < -0.4 is 5.43 Å². The number of benzene rings is 3. The Morgan fingerprint density at radius 2 is 1.84 bits per heavy atom. The van der Waals surface area contributed by atoms with Crippen molar-refractivity contribution in [1.82, 2.24) is 9.99 Å². The highest BCUT2D eigenvalue weighted by Gasteiger charge is 2.10. The molecule has 0 radical (unpaired) electrons. The summed E-state index contributed by atoms with van der Waals surface area (Å²) in [5.74, 6) is -0.147. The van der Waals surface area contributed by atoms with Crippen LogP contribution in [0.5, 0.6) is 0 Å². The molecule has 4 nitrogen and oxygen atoms in total. The van der Waals surface area contributed by atoms with Crippen LogP contribution >= 0.6 is 23.2 Å². The van der Waals surface area contributed by atoms with Crippen molar-refractivity contribution in [2.24, 2.45) is 5.10 Å². The number of rotatable bonds is 6. The summed E-state index contributed by atoms with van der Waals surface area (Å²) in [5.41, 5.74) is 8.84. The molecule has 6 heteroatoms. The highest BCUT2D eigenvalue weighted by atomic mass is 35.5. The van der Waals surface area contributed by atoms with Gasteiger partial charge in [0.25, 0.3) is 0 Å². The van der Waals surface area contributed by atoms with E-state index in [-0.39, 0.29) is 5.91 Å². The number of nitrogens with one attached hydrogen (secondary N) is 1. The Bertz CT molecular complexity index is 1320. The molecule has 0 spiro atoms. The lowest BCUT2D eigenvalue weighted by atomic mass is 10.0. The van der Waals surface area contributed by atoms with E-state index in [0.717, 1.165) is 38.7 Å². The highest BCUT2D eigenvalue weighted by Crippen LogP contribution is 2.25. The molecule has 0 aliphatic carbocycles. The maximum atomic E-state index is 12.4. The van der Waals surface area contributed by atoms with Crippen molar-refractivity contribution in [1.29, 1.82) is 0 Å². The molecule has 0 unspecified atom stereocenters. The number of aromatic nitrogens is 1. The highest BCUT2D eigenvalue weighted by molar-refractivity contribution is 6.35.